The third-order valence-electron chi connectivity index (χ3n) is 2.05. The van der Waals surface area contributed by atoms with Gasteiger partial charge in [0.2, 0.25) is 0 Å². The van der Waals surface area contributed by atoms with Gasteiger partial charge >= 0.3 is 0 Å². The maximum absolute atomic E-state index is 3.80. The summed E-state index contributed by atoms with van der Waals surface area (Å²) in [6.45, 7) is 14.8. The molecular weight excluding hydrogens is 203 g/mol. The van der Waals surface area contributed by atoms with Crippen LogP contribution in [0.1, 0.15) is 0 Å². The highest BCUT2D eigenvalue weighted by Gasteiger charge is 1.97. The van der Waals surface area contributed by atoms with Crippen molar-refractivity contribution in [2.24, 2.45) is 0 Å². The van der Waals surface area contributed by atoms with E-state index in [9.17, 15) is 0 Å². The van der Waals surface area contributed by atoms with Crippen LogP contribution in [0.15, 0.2) is 98.0 Å². The molecule has 0 aliphatic rings. The zero-order valence-corrected chi connectivity index (χ0v) is 10.3. The third kappa shape index (κ3) is 7.86. The summed E-state index contributed by atoms with van der Waals surface area (Å²) in [5.41, 5.74) is 2.28. The van der Waals surface area contributed by atoms with Gasteiger partial charge in [-0.05, 0) is 0 Å². The van der Waals surface area contributed by atoms with Crippen molar-refractivity contribution in [2.45, 2.75) is 0 Å². The fraction of sp³-hybridized carbons (Fsp3) is 0. The maximum atomic E-state index is 3.80. The second kappa shape index (κ2) is 10.5. The van der Waals surface area contributed by atoms with Crippen molar-refractivity contribution in [1.82, 2.24) is 0 Å². The highest BCUT2D eigenvalue weighted by molar-refractivity contribution is 6.55. The van der Waals surface area contributed by atoms with Crippen LogP contribution >= 0.6 is 0 Å². The fourth-order valence-electron chi connectivity index (χ4n) is 1.15. The lowest BCUT2D eigenvalue weighted by Gasteiger charge is -1.99. The first kappa shape index (κ1) is 15.0. The second-order valence-corrected chi connectivity index (χ2v) is 3.31. The van der Waals surface area contributed by atoms with E-state index in [0.717, 1.165) is 18.2 Å². The normalized spacial score (nSPS) is 12.7. The lowest BCUT2D eigenvalue weighted by atomic mass is 9.62. The molecule has 0 aromatic rings. The van der Waals surface area contributed by atoms with Crippen LogP contribution in [0.3, 0.4) is 0 Å². The molecule has 0 saturated carbocycles. The van der Waals surface area contributed by atoms with E-state index < -0.39 is 0 Å². The van der Waals surface area contributed by atoms with Gasteiger partial charge in [0, 0.05) is 0 Å². The van der Waals surface area contributed by atoms with Crippen LogP contribution in [0.2, 0.25) is 0 Å². The molecule has 0 heterocycles. The van der Waals surface area contributed by atoms with E-state index in [4.69, 9.17) is 0 Å². The summed E-state index contributed by atoms with van der Waals surface area (Å²) in [4.78, 5) is 0. The van der Waals surface area contributed by atoms with Gasteiger partial charge < -0.3 is 0 Å². The molecule has 0 saturated heterocycles. The molecule has 0 fully saturated rings. The molecule has 0 aromatic heterocycles. The molecule has 0 unspecified atom stereocenters. The van der Waals surface area contributed by atoms with Crippen molar-refractivity contribution >= 4 is 7.28 Å². The molecular formula is C16H19B. The van der Waals surface area contributed by atoms with E-state index in [-0.39, 0.29) is 0 Å². The number of rotatable bonds is 8. The van der Waals surface area contributed by atoms with Crippen molar-refractivity contribution in [1.29, 1.82) is 0 Å². The zero-order chi connectivity index (χ0) is 12.9. The predicted octanol–water partition coefficient (Wildman–Crippen LogP) is 4.05. The van der Waals surface area contributed by atoms with Crippen LogP contribution in [0, 0.1) is 0 Å². The summed E-state index contributed by atoms with van der Waals surface area (Å²) in [5, 5.41) is 0. The van der Waals surface area contributed by atoms with E-state index in [2.05, 4.69) is 26.3 Å². The summed E-state index contributed by atoms with van der Waals surface area (Å²) in [6.07, 6.45) is 18.9. The number of allylic oxidation sites excluding steroid dienone is 12. The van der Waals surface area contributed by atoms with Crippen LogP contribution in [0.4, 0.5) is 0 Å². The Morgan fingerprint density at radius 2 is 1.06 bits per heavy atom. The van der Waals surface area contributed by atoms with E-state index in [1.54, 1.807) is 12.2 Å². The molecule has 0 aliphatic carbocycles. The number of hydrogen-bond acceptors (Lipinski definition) is 0. The summed E-state index contributed by atoms with van der Waals surface area (Å²) in [6, 6.07) is 0. The molecule has 0 bridgehead atoms. The van der Waals surface area contributed by atoms with Gasteiger partial charge in [0.1, 0.15) is 0 Å². The Morgan fingerprint density at radius 1 is 0.647 bits per heavy atom. The van der Waals surface area contributed by atoms with E-state index >= 15 is 0 Å². The highest BCUT2D eigenvalue weighted by atomic mass is 13.8. The van der Waals surface area contributed by atoms with E-state index in [1.165, 1.54) is 0 Å². The van der Waals surface area contributed by atoms with Gasteiger partial charge in [-0.1, -0.05) is 98.0 Å². The summed E-state index contributed by atoms with van der Waals surface area (Å²) in [5.74, 6) is 0. The average Bonchev–Trinajstić information content (AvgIpc) is 2.36. The molecule has 86 valence electrons. The largest absolute Gasteiger partial charge is 0.192 e. The Morgan fingerprint density at radius 3 is 1.35 bits per heavy atom. The molecule has 0 amide bonds. The Bertz CT molecular complexity index is 352. The van der Waals surface area contributed by atoms with Crippen LogP contribution in [-0.2, 0) is 0 Å². The van der Waals surface area contributed by atoms with Crippen LogP contribution in [0.5, 0.6) is 0 Å². The van der Waals surface area contributed by atoms with Gasteiger partial charge in [0.05, 0.1) is 0 Å². The van der Waals surface area contributed by atoms with Crippen LogP contribution in [0.25, 0.3) is 0 Å². The minimum atomic E-state index is 0.815. The second-order valence-electron chi connectivity index (χ2n) is 3.31. The lowest BCUT2D eigenvalue weighted by molar-refractivity contribution is 1.78. The smallest absolute Gasteiger partial charge is 0.0996 e. The average molecular weight is 222 g/mol. The molecule has 17 heavy (non-hydrogen) atoms. The lowest BCUT2D eigenvalue weighted by Crippen LogP contribution is -1.96. The first-order chi connectivity index (χ1) is 8.28. The van der Waals surface area contributed by atoms with Gasteiger partial charge in [-0.3, -0.25) is 0 Å². The van der Waals surface area contributed by atoms with E-state index in [0.29, 0.717) is 0 Å². The first-order valence-electron chi connectivity index (χ1n) is 5.49. The fourth-order valence-corrected chi connectivity index (χ4v) is 1.15. The molecule has 0 atom stereocenters. The Balaban J connectivity index is 4.73. The summed E-state index contributed by atoms with van der Waals surface area (Å²) >= 11 is 0. The Hall–Kier alpha value is -2.02. The van der Waals surface area contributed by atoms with Crippen molar-refractivity contribution < 1.29 is 0 Å². The summed E-state index contributed by atoms with van der Waals surface area (Å²) in [7, 11) is 0.815. The quantitative estimate of drug-likeness (QED) is 0.429. The monoisotopic (exact) mass is 222 g/mol. The van der Waals surface area contributed by atoms with Gasteiger partial charge in [0.25, 0.3) is 0 Å². The zero-order valence-electron chi connectivity index (χ0n) is 10.3. The standard InChI is InChI=1S/C16H19B/c1-5-9-11-13-15(7-3)17-16(8-4)14-12-10-6-2/h5-14,17H,1-4H2/b11-9-,12-10-,15-13+,16-14+. The van der Waals surface area contributed by atoms with Gasteiger partial charge in [-0.2, -0.15) is 0 Å². The number of hydrogen-bond donors (Lipinski definition) is 0. The predicted molar refractivity (Wildman–Crippen MR) is 82.4 cm³/mol. The summed E-state index contributed by atoms with van der Waals surface area (Å²) < 4.78 is 0. The van der Waals surface area contributed by atoms with Crippen LogP contribution < -0.4 is 0 Å². The van der Waals surface area contributed by atoms with Gasteiger partial charge in [0.15, 0.2) is 7.28 Å². The SMILES string of the molecule is C=C/C=C\C=C(\B/C(C=C)=C/C=C\C=C)C=C. The van der Waals surface area contributed by atoms with E-state index in [1.807, 2.05) is 48.6 Å². The minimum absolute atomic E-state index is 0.815. The molecule has 0 aliphatic heterocycles. The first-order valence-corrected chi connectivity index (χ1v) is 5.49. The molecule has 0 spiro atoms. The minimum Gasteiger partial charge on any atom is -0.0996 e. The van der Waals surface area contributed by atoms with Crippen molar-refractivity contribution in [2.75, 3.05) is 0 Å². The topological polar surface area (TPSA) is 0 Å². The highest BCUT2D eigenvalue weighted by Crippen LogP contribution is 2.04. The van der Waals surface area contributed by atoms with Gasteiger partial charge in [-0.25, -0.2) is 0 Å². The molecule has 0 radical (unpaired) electrons. The van der Waals surface area contributed by atoms with Crippen molar-refractivity contribution in [3.63, 3.8) is 0 Å². The molecule has 0 rings (SSSR count). The van der Waals surface area contributed by atoms with Crippen molar-refractivity contribution in [3.8, 4) is 0 Å². The van der Waals surface area contributed by atoms with Crippen molar-refractivity contribution in [3.05, 3.63) is 98.0 Å². The van der Waals surface area contributed by atoms with Crippen LogP contribution in [-0.4, -0.2) is 7.28 Å². The molecule has 0 N–H and O–H groups in total. The molecule has 0 nitrogen and oxygen atoms in total. The maximum Gasteiger partial charge on any atom is 0.192 e. The molecule has 1 heteroatoms. The molecule has 0 aromatic carbocycles. The Labute approximate surface area is 106 Å². The third-order valence-corrected chi connectivity index (χ3v) is 2.05. The Kier molecular flexibility index (Phi) is 9.26. The van der Waals surface area contributed by atoms with Gasteiger partial charge in [-0.15, -0.1) is 0 Å².